The number of carbonyl (C=O) groups is 3. The number of nitrogens with zero attached hydrogens (tertiary/aromatic N) is 2. The van der Waals surface area contributed by atoms with Crippen LogP contribution in [0.2, 0.25) is 0 Å². The van der Waals surface area contributed by atoms with Gasteiger partial charge in [-0.1, -0.05) is 0 Å². The van der Waals surface area contributed by atoms with Gasteiger partial charge in [-0.25, -0.2) is 0 Å². The molecule has 100 valence electrons. The van der Waals surface area contributed by atoms with Gasteiger partial charge in [-0.2, -0.15) is 10.2 Å². The van der Waals surface area contributed by atoms with Gasteiger partial charge in [0.05, 0.1) is 5.69 Å². The van der Waals surface area contributed by atoms with Crippen LogP contribution in [-0.2, 0) is 14.4 Å². The van der Waals surface area contributed by atoms with Crippen molar-refractivity contribution in [1.82, 2.24) is 0 Å². The molecule has 7 heteroatoms. The van der Waals surface area contributed by atoms with E-state index in [2.05, 4.69) is 15.5 Å². The summed E-state index contributed by atoms with van der Waals surface area (Å²) in [6.07, 6.45) is 0. The number of azo groups is 1. The third kappa shape index (κ3) is 4.66. The number of rotatable bonds is 5. The number of amides is 2. The molecule has 1 unspecified atom stereocenters. The maximum absolute atomic E-state index is 11.1. The molecule has 0 saturated heterocycles. The molecule has 1 atom stereocenters. The molecular weight excluding hydrogens is 248 g/mol. The van der Waals surface area contributed by atoms with Crippen molar-refractivity contribution in [3.63, 3.8) is 0 Å². The van der Waals surface area contributed by atoms with Gasteiger partial charge < -0.3 is 11.1 Å². The first kappa shape index (κ1) is 14.5. The number of anilines is 1. The number of primary amides is 1. The predicted octanol–water partition coefficient (Wildman–Crippen LogP) is 1.17. The second kappa shape index (κ2) is 6.39. The number of benzene rings is 1. The topological polar surface area (TPSA) is 114 Å². The van der Waals surface area contributed by atoms with Gasteiger partial charge in [0.1, 0.15) is 0 Å². The Morgan fingerprint density at radius 1 is 1.16 bits per heavy atom. The van der Waals surface area contributed by atoms with Gasteiger partial charge in [0, 0.05) is 12.6 Å². The maximum Gasteiger partial charge on any atom is 0.251 e. The van der Waals surface area contributed by atoms with Gasteiger partial charge in [-0.05, 0) is 31.2 Å². The molecule has 3 N–H and O–H groups in total. The molecule has 2 amide bonds. The van der Waals surface area contributed by atoms with Crippen molar-refractivity contribution in [2.45, 2.75) is 19.9 Å². The van der Waals surface area contributed by atoms with Gasteiger partial charge in [0.15, 0.2) is 5.78 Å². The van der Waals surface area contributed by atoms with Gasteiger partial charge in [-0.15, -0.1) is 0 Å². The minimum absolute atomic E-state index is 0.181. The first-order chi connectivity index (χ1) is 8.90. The van der Waals surface area contributed by atoms with Crippen molar-refractivity contribution >= 4 is 29.0 Å². The summed E-state index contributed by atoms with van der Waals surface area (Å²) in [5, 5.41) is 9.95. The van der Waals surface area contributed by atoms with Gasteiger partial charge in [0.25, 0.3) is 5.91 Å². The Labute approximate surface area is 109 Å². The molecule has 0 spiro atoms. The Balaban J connectivity index is 2.79. The van der Waals surface area contributed by atoms with Crippen LogP contribution in [0.4, 0.5) is 11.4 Å². The number of ketones is 1. The lowest BCUT2D eigenvalue weighted by atomic mass is 10.2. The highest BCUT2D eigenvalue weighted by Crippen LogP contribution is 2.17. The van der Waals surface area contributed by atoms with Crippen LogP contribution in [0.1, 0.15) is 13.8 Å². The summed E-state index contributed by atoms with van der Waals surface area (Å²) in [4.78, 5) is 32.8. The molecule has 0 aliphatic rings. The molecule has 0 heterocycles. The first-order valence-corrected chi connectivity index (χ1v) is 5.48. The van der Waals surface area contributed by atoms with Crippen molar-refractivity contribution < 1.29 is 14.4 Å². The minimum atomic E-state index is -1.27. The zero-order valence-electron chi connectivity index (χ0n) is 10.6. The molecule has 0 aliphatic carbocycles. The third-order valence-electron chi connectivity index (χ3n) is 2.13. The fraction of sp³-hybridized carbons (Fsp3) is 0.250. The second-order valence-corrected chi connectivity index (χ2v) is 3.86. The number of hydrogen-bond donors (Lipinski definition) is 2. The van der Waals surface area contributed by atoms with E-state index in [9.17, 15) is 14.4 Å². The van der Waals surface area contributed by atoms with Crippen molar-refractivity contribution in [2.75, 3.05) is 5.32 Å². The maximum atomic E-state index is 11.1. The first-order valence-electron chi connectivity index (χ1n) is 5.48. The highest BCUT2D eigenvalue weighted by atomic mass is 16.2. The Kier molecular flexibility index (Phi) is 4.87. The molecule has 0 bridgehead atoms. The molecule has 7 nitrogen and oxygen atoms in total. The molecule has 0 aliphatic heterocycles. The normalized spacial score (nSPS) is 12.1. The summed E-state index contributed by atoms with van der Waals surface area (Å²) in [5.41, 5.74) is 6.08. The highest BCUT2D eigenvalue weighted by Gasteiger charge is 2.19. The lowest BCUT2D eigenvalue weighted by molar-refractivity contribution is -0.127. The molecule has 1 aromatic rings. The van der Waals surface area contributed by atoms with Crippen molar-refractivity contribution in [1.29, 1.82) is 0 Å². The molecule has 0 saturated carbocycles. The molecule has 1 rings (SSSR count). The average molecular weight is 262 g/mol. The van der Waals surface area contributed by atoms with E-state index < -0.39 is 17.7 Å². The smallest absolute Gasteiger partial charge is 0.251 e. The number of hydrogen-bond acceptors (Lipinski definition) is 5. The number of carbonyl (C=O) groups excluding carboxylic acids is 3. The van der Waals surface area contributed by atoms with Crippen LogP contribution < -0.4 is 11.1 Å². The Hall–Kier alpha value is -2.57. The zero-order valence-corrected chi connectivity index (χ0v) is 10.6. The monoisotopic (exact) mass is 262 g/mol. The lowest BCUT2D eigenvalue weighted by Crippen LogP contribution is -2.32. The van der Waals surface area contributed by atoms with Gasteiger partial charge >= 0.3 is 0 Å². The second-order valence-electron chi connectivity index (χ2n) is 3.86. The molecular formula is C12H14N4O3. The van der Waals surface area contributed by atoms with E-state index in [4.69, 9.17) is 5.73 Å². The third-order valence-corrected chi connectivity index (χ3v) is 2.13. The summed E-state index contributed by atoms with van der Waals surface area (Å²) >= 11 is 0. The highest BCUT2D eigenvalue weighted by molar-refractivity contribution is 6.03. The Bertz CT molecular complexity index is 508. The summed E-state index contributed by atoms with van der Waals surface area (Å²) in [6, 6.07) is 5.17. The molecule has 0 radical (unpaired) electrons. The molecule has 0 fully saturated rings. The van der Waals surface area contributed by atoms with E-state index in [0.29, 0.717) is 11.4 Å². The summed E-state index contributed by atoms with van der Waals surface area (Å²) in [7, 11) is 0. The van der Waals surface area contributed by atoms with Crippen LogP contribution in [0.5, 0.6) is 0 Å². The summed E-state index contributed by atoms with van der Waals surface area (Å²) in [5.74, 6) is -1.49. The Morgan fingerprint density at radius 2 is 1.74 bits per heavy atom. The van der Waals surface area contributed by atoms with E-state index in [1.54, 1.807) is 24.3 Å². The Morgan fingerprint density at radius 3 is 2.16 bits per heavy atom. The van der Waals surface area contributed by atoms with E-state index in [1.807, 2.05) is 0 Å². The number of nitrogens with two attached hydrogens (primary N) is 1. The van der Waals surface area contributed by atoms with Crippen molar-refractivity contribution in [2.24, 2.45) is 16.0 Å². The van der Waals surface area contributed by atoms with E-state index in [1.165, 1.54) is 13.8 Å². The van der Waals surface area contributed by atoms with E-state index in [0.717, 1.165) is 0 Å². The number of nitrogens with one attached hydrogen (secondary N) is 1. The van der Waals surface area contributed by atoms with E-state index >= 15 is 0 Å². The van der Waals surface area contributed by atoms with Crippen LogP contribution in [-0.4, -0.2) is 23.6 Å². The van der Waals surface area contributed by atoms with Crippen LogP contribution in [0, 0.1) is 0 Å². The van der Waals surface area contributed by atoms with Crippen LogP contribution in [0.25, 0.3) is 0 Å². The van der Waals surface area contributed by atoms with Crippen molar-refractivity contribution in [3.8, 4) is 0 Å². The van der Waals surface area contributed by atoms with Crippen LogP contribution in [0.3, 0.4) is 0 Å². The van der Waals surface area contributed by atoms with E-state index in [-0.39, 0.29) is 5.91 Å². The van der Waals surface area contributed by atoms with Gasteiger partial charge in [0.2, 0.25) is 11.9 Å². The fourth-order valence-electron chi connectivity index (χ4n) is 1.28. The minimum Gasteiger partial charge on any atom is -0.367 e. The lowest BCUT2D eigenvalue weighted by Gasteiger charge is -2.03. The SMILES string of the molecule is CC(=O)Nc1ccc(N=NC(C(C)=O)C(N)=O)cc1. The zero-order chi connectivity index (χ0) is 14.4. The molecule has 1 aromatic carbocycles. The predicted molar refractivity (Wildman–Crippen MR) is 68.9 cm³/mol. The fourth-order valence-corrected chi connectivity index (χ4v) is 1.28. The molecule has 19 heavy (non-hydrogen) atoms. The van der Waals surface area contributed by atoms with Crippen LogP contribution >= 0.6 is 0 Å². The summed E-state index contributed by atoms with van der Waals surface area (Å²) < 4.78 is 0. The molecule has 0 aromatic heterocycles. The van der Waals surface area contributed by atoms with Crippen LogP contribution in [0.15, 0.2) is 34.5 Å². The quantitative estimate of drug-likeness (QED) is 0.613. The van der Waals surface area contributed by atoms with Gasteiger partial charge in [-0.3, -0.25) is 14.4 Å². The largest absolute Gasteiger partial charge is 0.367 e. The standard InChI is InChI=1S/C12H14N4O3/c1-7(17)11(12(13)19)16-15-10-5-3-9(4-6-10)14-8(2)18/h3-6,11H,1-2H3,(H2,13,19)(H,14,18). The van der Waals surface area contributed by atoms with Crippen molar-refractivity contribution in [3.05, 3.63) is 24.3 Å². The summed E-state index contributed by atoms with van der Waals surface area (Å²) in [6.45, 7) is 2.62. The number of Topliss-reactive ketones (excluding diaryl/α,β-unsaturated/α-hetero) is 1. The average Bonchev–Trinajstić information content (AvgIpc) is 2.29.